The van der Waals surface area contributed by atoms with Crippen LogP contribution in [0.5, 0.6) is 0 Å². The smallest absolute Gasteiger partial charge is 0.141 e. The molecule has 1 aromatic heterocycles. The second-order valence-electron chi connectivity index (χ2n) is 4.34. The van der Waals surface area contributed by atoms with Crippen LogP contribution in [0, 0.1) is 0 Å². The molecular formula is C13H13BrN2O. The molecule has 4 heteroatoms. The van der Waals surface area contributed by atoms with Gasteiger partial charge in [-0.05, 0) is 22.4 Å². The minimum atomic E-state index is -0.237. The summed E-state index contributed by atoms with van der Waals surface area (Å²) in [6, 6.07) is 10.2. The Morgan fingerprint density at radius 1 is 1.29 bits per heavy atom. The van der Waals surface area contributed by atoms with Crippen LogP contribution in [-0.4, -0.2) is 20.8 Å². The number of halogens is 1. The number of fused-ring (bicyclic) bond motifs is 1. The van der Waals surface area contributed by atoms with Gasteiger partial charge in [0.2, 0.25) is 0 Å². The number of nitrogens with zero attached hydrogens (tertiary/aromatic N) is 2. The quantitative estimate of drug-likeness (QED) is 0.877. The van der Waals surface area contributed by atoms with E-state index in [2.05, 4.69) is 37.6 Å². The van der Waals surface area contributed by atoms with E-state index in [9.17, 15) is 5.11 Å². The number of aliphatic hydroxyl groups excluding tert-OH is 1. The highest BCUT2D eigenvalue weighted by Crippen LogP contribution is 2.30. The number of hydrogen-bond acceptors (Lipinski definition) is 2. The van der Waals surface area contributed by atoms with E-state index >= 15 is 0 Å². The van der Waals surface area contributed by atoms with Crippen molar-refractivity contribution < 1.29 is 5.11 Å². The van der Waals surface area contributed by atoms with E-state index in [0.29, 0.717) is 6.42 Å². The van der Waals surface area contributed by atoms with Crippen LogP contribution in [0.3, 0.4) is 0 Å². The summed E-state index contributed by atoms with van der Waals surface area (Å²) in [6.45, 7) is 0.833. The van der Waals surface area contributed by atoms with Crippen LogP contribution < -0.4 is 0 Å². The molecule has 0 radical (unpaired) electrons. The summed E-state index contributed by atoms with van der Waals surface area (Å²) in [6.07, 6.45) is 1.25. The third-order valence-electron chi connectivity index (χ3n) is 3.17. The highest BCUT2D eigenvalue weighted by Gasteiger charge is 2.23. The fraction of sp³-hybridized carbons (Fsp3) is 0.308. The van der Waals surface area contributed by atoms with Crippen LogP contribution in [-0.2, 0) is 13.0 Å². The third kappa shape index (κ3) is 1.91. The van der Waals surface area contributed by atoms with Crippen LogP contribution in [0.25, 0.3) is 11.4 Å². The summed E-state index contributed by atoms with van der Waals surface area (Å²) in [5, 5.41) is 9.70. The van der Waals surface area contributed by atoms with Crippen LogP contribution in [0.15, 0.2) is 34.9 Å². The van der Waals surface area contributed by atoms with Gasteiger partial charge >= 0.3 is 0 Å². The third-order valence-corrected chi connectivity index (χ3v) is 3.81. The van der Waals surface area contributed by atoms with Gasteiger partial charge < -0.3 is 9.67 Å². The zero-order chi connectivity index (χ0) is 11.8. The Morgan fingerprint density at radius 3 is 2.82 bits per heavy atom. The SMILES string of the molecule is OC1CCn2c(-c3ccccc3)nc(Br)c2C1. The van der Waals surface area contributed by atoms with Gasteiger partial charge in [-0.1, -0.05) is 30.3 Å². The first-order valence-corrected chi connectivity index (χ1v) is 6.53. The standard InChI is InChI=1S/C13H13BrN2O/c14-12-11-8-10(17)6-7-16(11)13(15-12)9-4-2-1-3-5-9/h1-5,10,17H,6-8H2. The van der Waals surface area contributed by atoms with Crippen molar-refractivity contribution in [2.45, 2.75) is 25.5 Å². The van der Waals surface area contributed by atoms with Gasteiger partial charge in [0.05, 0.1) is 11.8 Å². The van der Waals surface area contributed by atoms with Crippen LogP contribution in [0.1, 0.15) is 12.1 Å². The van der Waals surface area contributed by atoms with Crippen molar-refractivity contribution in [2.75, 3.05) is 0 Å². The van der Waals surface area contributed by atoms with Gasteiger partial charge in [-0.2, -0.15) is 0 Å². The van der Waals surface area contributed by atoms with Crippen molar-refractivity contribution in [3.8, 4) is 11.4 Å². The number of rotatable bonds is 1. The fourth-order valence-corrected chi connectivity index (χ4v) is 2.85. The van der Waals surface area contributed by atoms with Gasteiger partial charge in [-0.3, -0.25) is 0 Å². The Hall–Kier alpha value is -1.13. The van der Waals surface area contributed by atoms with Crippen molar-refractivity contribution in [3.63, 3.8) is 0 Å². The summed E-state index contributed by atoms with van der Waals surface area (Å²) in [7, 11) is 0. The van der Waals surface area contributed by atoms with Crippen molar-refractivity contribution >= 4 is 15.9 Å². The van der Waals surface area contributed by atoms with Gasteiger partial charge in [0.1, 0.15) is 10.4 Å². The van der Waals surface area contributed by atoms with Gasteiger partial charge in [-0.25, -0.2) is 4.98 Å². The number of aliphatic hydroxyl groups is 1. The van der Waals surface area contributed by atoms with E-state index in [1.807, 2.05) is 18.2 Å². The topological polar surface area (TPSA) is 38.0 Å². The Morgan fingerprint density at radius 2 is 2.06 bits per heavy atom. The molecule has 17 heavy (non-hydrogen) atoms. The van der Waals surface area contributed by atoms with E-state index in [0.717, 1.165) is 34.7 Å². The molecule has 1 unspecified atom stereocenters. The van der Waals surface area contributed by atoms with E-state index in [1.165, 1.54) is 0 Å². The van der Waals surface area contributed by atoms with Crippen molar-refractivity contribution in [1.29, 1.82) is 0 Å². The second-order valence-corrected chi connectivity index (χ2v) is 5.09. The predicted molar refractivity (Wildman–Crippen MR) is 69.7 cm³/mol. The molecule has 1 aromatic carbocycles. The lowest BCUT2D eigenvalue weighted by Gasteiger charge is -2.21. The monoisotopic (exact) mass is 292 g/mol. The highest BCUT2D eigenvalue weighted by molar-refractivity contribution is 9.10. The van der Waals surface area contributed by atoms with E-state index < -0.39 is 0 Å². The molecule has 1 atom stereocenters. The molecule has 1 aliphatic rings. The minimum absolute atomic E-state index is 0.237. The molecule has 3 nitrogen and oxygen atoms in total. The summed E-state index contributed by atoms with van der Waals surface area (Å²) >= 11 is 3.48. The first-order valence-electron chi connectivity index (χ1n) is 5.74. The zero-order valence-electron chi connectivity index (χ0n) is 9.31. The maximum atomic E-state index is 9.70. The Balaban J connectivity index is 2.11. The molecule has 0 fully saturated rings. The molecule has 2 aromatic rings. The molecule has 1 N–H and O–H groups in total. The molecule has 0 bridgehead atoms. The van der Waals surface area contributed by atoms with E-state index in [-0.39, 0.29) is 6.10 Å². The molecule has 1 aliphatic heterocycles. The lowest BCUT2D eigenvalue weighted by Crippen LogP contribution is -2.23. The largest absolute Gasteiger partial charge is 0.393 e. The number of hydrogen-bond donors (Lipinski definition) is 1. The molecule has 0 spiro atoms. The maximum Gasteiger partial charge on any atom is 0.141 e. The summed E-state index contributed by atoms with van der Waals surface area (Å²) in [5.74, 6) is 0.986. The van der Waals surface area contributed by atoms with Crippen molar-refractivity contribution in [1.82, 2.24) is 9.55 Å². The zero-order valence-corrected chi connectivity index (χ0v) is 10.9. The molecule has 0 saturated heterocycles. The van der Waals surface area contributed by atoms with Gasteiger partial charge in [0.15, 0.2) is 0 Å². The lowest BCUT2D eigenvalue weighted by molar-refractivity contribution is 0.143. The molecule has 2 heterocycles. The molecule has 0 aliphatic carbocycles. The average Bonchev–Trinajstić information content (AvgIpc) is 2.68. The first kappa shape index (κ1) is 11.0. The summed E-state index contributed by atoms with van der Waals surface area (Å²) in [4.78, 5) is 4.57. The van der Waals surface area contributed by atoms with Gasteiger partial charge in [-0.15, -0.1) is 0 Å². The summed E-state index contributed by atoms with van der Waals surface area (Å²) < 4.78 is 3.06. The van der Waals surface area contributed by atoms with E-state index in [4.69, 9.17) is 0 Å². The Labute approximate surface area is 108 Å². The molecule has 0 amide bonds. The van der Waals surface area contributed by atoms with Crippen molar-refractivity contribution in [2.24, 2.45) is 0 Å². The number of imidazole rings is 1. The minimum Gasteiger partial charge on any atom is -0.393 e. The normalized spacial score (nSPS) is 19.1. The number of aromatic nitrogens is 2. The number of benzene rings is 1. The second kappa shape index (κ2) is 4.27. The molecule has 0 saturated carbocycles. The van der Waals surface area contributed by atoms with Crippen molar-refractivity contribution in [3.05, 3.63) is 40.6 Å². The molecule has 88 valence electrons. The van der Waals surface area contributed by atoms with E-state index in [1.54, 1.807) is 0 Å². The van der Waals surface area contributed by atoms with Crippen LogP contribution in [0.4, 0.5) is 0 Å². The molecule has 3 rings (SSSR count). The molecular weight excluding hydrogens is 280 g/mol. The highest BCUT2D eigenvalue weighted by atomic mass is 79.9. The van der Waals surface area contributed by atoms with Gasteiger partial charge in [0.25, 0.3) is 0 Å². The fourth-order valence-electron chi connectivity index (χ4n) is 2.30. The first-order chi connectivity index (χ1) is 8.25. The van der Waals surface area contributed by atoms with Crippen LogP contribution in [0.2, 0.25) is 0 Å². The lowest BCUT2D eigenvalue weighted by atomic mass is 10.1. The summed E-state index contributed by atoms with van der Waals surface area (Å²) in [5.41, 5.74) is 2.22. The predicted octanol–water partition coefficient (Wildman–Crippen LogP) is 2.62. The average molecular weight is 293 g/mol. The Bertz CT molecular complexity index is 536. The van der Waals surface area contributed by atoms with Crippen LogP contribution >= 0.6 is 15.9 Å². The Kier molecular flexibility index (Phi) is 2.76. The maximum absolute atomic E-state index is 9.70. The van der Waals surface area contributed by atoms with Gasteiger partial charge in [0, 0.05) is 18.5 Å².